The first-order valence-corrected chi connectivity index (χ1v) is 9.19. The van der Waals surface area contributed by atoms with Crippen molar-refractivity contribution in [2.24, 2.45) is 5.92 Å². The molecular weight excluding hydrogens is 316 g/mol. The molecule has 1 fully saturated rings. The largest absolute Gasteiger partial charge is 0.507 e. The Hall–Kier alpha value is -2.80. The Kier molecular flexibility index (Phi) is 5.58. The number of aliphatic hydroxyl groups excluding tert-OH is 1. The van der Waals surface area contributed by atoms with Crippen molar-refractivity contribution in [3.63, 3.8) is 0 Å². The highest BCUT2D eigenvalue weighted by Crippen LogP contribution is 2.40. The predicted molar refractivity (Wildman–Crippen MR) is 112 cm³/mol. The van der Waals surface area contributed by atoms with Crippen molar-refractivity contribution in [2.75, 3.05) is 0 Å². The Balaban J connectivity index is 2.17. The topological polar surface area (TPSA) is 20.2 Å². The molecule has 1 atom stereocenters. The first kappa shape index (κ1) is 18.0. The fourth-order valence-electron chi connectivity index (χ4n) is 3.59. The van der Waals surface area contributed by atoms with Gasteiger partial charge in [-0.05, 0) is 59.6 Å². The van der Waals surface area contributed by atoms with Crippen LogP contribution >= 0.6 is 0 Å². The average Bonchev–Trinajstić information content (AvgIpc) is 2.69. The molecule has 1 heteroatoms. The summed E-state index contributed by atoms with van der Waals surface area (Å²) in [6.45, 7) is 8.73. The van der Waals surface area contributed by atoms with Crippen LogP contribution in [0.1, 0.15) is 37.8 Å². The smallest absolute Gasteiger partial charge is 0.123 e. The maximum Gasteiger partial charge on any atom is 0.123 e. The lowest BCUT2D eigenvalue weighted by molar-refractivity contribution is 0.512. The molecule has 0 bridgehead atoms. The van der Waals surface area contributed by atoms with Crippen LogP contribution in [0.25, 0.3) is 11.3 Å². The molecule has 1 nitrogen and oxygen atoms in total. The predicted octanol–water partition coefficient (Wildman–Crippen LogP) is 6.97. The van der Waals surface area contributed by atoms with Gasteiger partial charge in [0.15, 0.2) is 0 Å². The van der Waals surface area contributed by atoms with E-state index in [0.717, 1.165) is 35.1 Å². The van der Waals surface area contributed by atoms with Gasteiger partial charge >= 0.3 is 0 Å². The Bertz CT molecular complexity index is 867. The van der Waals surface area contributed by atoms with E-state index in [1.807, 2.05) is 54.6 Å². The molecule has 1 N–H and O–H groups in total. The third-order valence-corrected chi connectivity index (χ3v) is 4.98. The summed E-state index contributed by atoms with van der Waals surface area (Å²) >= 11 is 0. The average molecular weight is 342 g/mol. The van der Waals surface area contributed by atoms with Crippen LogP contribution in [0.3, 0.4) is 0 Å². The fourth-order valence-corrected chi connectivity index (χ4v) is 3.59. The highest BCUT2D eigenvalue weighted by molar-refractivity contribution is 5.86. The van der Waals surface area contributed by atoms with Crippen LogP contribution < -0.4 is 0 Å². The van der Waals surface area contributed by atoms with Gasteiger partial charge < -0.3 is 5.11 Å². The number of aliphatic hydroxyl groups is 1. The minimum absolute atomic E-state index is 0.282. The van der Waals surface area contributed by atoms with Gasteiger partial charge in [-0.15, -0.1) is 0 Å². The zero-order valence-corrected chi connectivity index (χ0v) is 15.6. The van der Waals surface area contributed by atoms with Crippen molar-refractivity contribution in [3.8, 4) is 0 Å². The van der Waals surface area contributed by atoms with E-state index in [0.29, 0.717) is 5.92 Å². The number of hydrogen-bond acceptors (Lipinski definition) is 1. The Morgan fingerprint density at radius 1 is 0.962 bits per heavy atom. The molecule has 0 amide bonds. The van der Waals surface area contributed by atoms with Gasteiger partial charge in [0, 0.05) is 5.56 Å². The summed E-state index contributed by atoms with van der Waals surface area (Å²) in [6, 6.07) is 20.0. The second-order valence-electron chi connectivity index (χ2n) is 6.96. The molecular formula is C25H26O. The summed E-state index contributed by atoms with van der Waals surface area (Å²) in [7, 11) is 0. The van der Waals surface area contributed by atoms with Gasteiger partial charge in [0.05, 0.1) is 0 Å². The van der Waals surface area contributed by atoms with Gasteiger partial charge in [0.25, 0.3) is 0 Å². The number of benzene rings is 2. The van der Waals surface area contributed by atoms with Crippen molar-refractivity contribution in [1.29, 1.82) is 0 Å². The summed E-state index contributed by atoms with van der Waals surface area (Å²) in [5.74, 6) is 0.845. The minimum atomic E-state index is 0.282. The van der Waals surface area contributed by atoms with Crippen molar-refractivity contribution < 1.29 is 5.11 Å². The molecule has 1 aliphatic rings. The second kappa shape index (κ2) is 8.05. The third kappa shape index (κ3) is 3.88. The van der Waals surface area contributed by atoms with Crippen LogP contribution in [0.2, 0.25) is 0 Å². The van der Waals surface area contributed by atoms with Crippen LogP contribution in [0.4, 0.5) is 0 Å². The molecule has 0 saturated heterocycles. The minimum Gasteiger partial charge on any atom is -0.507 e. The van der Waals surface area contributed by atoms with E-state index in [2.05, 4.69) is 38.6 Å². The van der Waals surface area contributed by atoms with Gasteiger partial charge in [-0.3, -0.25) is 0 Å². The van der Waals surface area contributed by atoms with E-state index >= 15 is 0 Å². The normalized spacial score (nSPS) is 21.8. The number of hydrogen-bond donors (Lipinski definition) is 1. The second-order valence-corrected chi connectivity index (χ2v) is 6.96. The van der Waals surface area contributed by atoms with Crippen LogP contribution in [0.5, 0.6) is 0 Å². The third-order valence-electron chi connectivity index (χ3n) is 4.98. The number of rotatable bonds is 3. The van der Waals surface area contributed by atoms with Crippen molar-refractivity contribution in [2.45, 2.75) is 26.7 Å². The Morgan fingerprint density at radius 2 is 1.54 bits per heavy atom. The Labute approximate surface area is 156 Å². The Morgan fingerprint density at radius 3 is 2.12 bits per heavy atom. The van der Waals surface area contributed by atoms with Crippen LogP contribution in [-0.2, 0) is 0 Å². The summed E-state index contributed by atoms with van der Waals surface area (Å²) in [4.78, 5) is 0. The molecule has 26 heavy (non-hydrogen) atoms. The highest BCUT2D eigenvalue weighted by atomic mass is 16.3. The molecule has 0 radical (unpaired) electrons. The van der Waals surface area contributed by atoms with E-state index in [1.54, 1.807) is 0 Å². The first-order chi connectivity index (χ1) is 12.6. The van der Waals surface area contributed by atoms with Crippen LogP contribution in [-0.4, -0.2) is 5.11 Å². The molecule has 0 aliphatic heterocycles. The van der Waals surface area contributed by atoms with Gasteiger partial charge in [0.2, 0.25) is 0 Å². The van der Waals surface area contributed by atoms with Gasteiger partial charge in [0.1, 0.15) is 5.76 Å². The zero-order chi connectivity index (χ0) is 18.5. The quantitative estimate of drug-likeness (QED) is 0.597. The number of allylic oxidation sites excluding steroid dienone is 6. The van der Waals surface area contributed by atoms with Crippen LogP contribution in [0.15, 0.2) is 96.1 Å². The molecule has 1 saturated carbocycles. The van der Waals surface area contributed by atoms with Gasteiger partial charge in [-0.2, -0.15) is 0 Å². The van der Waals surface area contributed by atoms with E-state index in [4.69, 9.17) is 0 Å². The van der Waals surface area contributed by atoms with Crippen molar-refractivity contribution in [1.82, 2.24) is 0 Å². The summed E-state index contributed by atoms with van der Waals surface area (Å²) in [5, 5.41) is 10.7. The first-order valence-electron chi connectivity index (χ1n) is 9.19. The SMILES string of the molecule is C=C1/C(=C/C)CC(C)C/C1=C(/C=C(\O)c1ccccc1)c1ccccc1. The molecule has 1 aliphatic carbocycles. The molecule has 3 rings (SSSR count). The lowest BCUT2D eigenvalue weighted by Gasteiger charge is -2.28. The van der Waals surface area contributed by atoms with E-state index in [-0.39, 0.29) is 5.76 Å². The fraction of sp³-hybridized carbons (Fsp3) is 0.200. The lowest BCUT2D eigenvalue weighted by Crippen LogP contribution is -2.11. The van der Waals surface area contributed by atoms with Gasteiger partial charge in [-0.1, -0.05) is 80.2 Å². The monoisotopic (exact) mass is 342 g/mol. The molecule has 1 unspecified atom stereocenters. The lowest BCUT2D eigenvalue weighted by atomic mass is 9.77. The van der Waals surface area contributed by atoms with Crippen molar-refractivity contribution in [3.05, 3.63) is 107 Å². The summed E-state index contributed by atoms with van der Waals surface area (Å²) in [6.07, 6.45) is 6.10. The molecule has 0 spiro atoms. The maximum absolute atomic E-state index is 10.7. The molecule has 0 aromatic heterocycles. The highest BCUT2D eigenvalue weighted by Gasteiger charge is 2.23. The van der Waals surface area contributed by atoms with Crippen molar-refractivity contribution >= 4 is 11.3 Å². The summed E-state index contributed by atoms with van der Waals surface area (Å²) in [5.41, 5.74) is 6.62. The zero-order valence-electron chi connectivity index (χ0n) is 15.6. The van der Waals surface area contributed by atoms with E-state index < -0.39 is 0 Å². The van der Waals surface area contributed by atoms with E-state index in [1.165, 1.54) is 11.1 Å². The maximum atomic E-state index is 10.7. The van der Waals surface area contributed by atoms with Crippen LogP contribution in [0, 0.1) is 5.92 Å². The standard InChI is InChI=1S/C25H26O/c1-4-20-15-18(2)16-23(19(20)3)24(21-11-7-5-8-12-21)17-25(26)22-13-9-6-10-14-22/h4-14,17-18,26H,3,15-16H2,1-2H3/b20-4+,24-23+,25-17-. The molecule has 2 aromatic rings. The van der Waals surface area contributed by atoms with E-state index in [9.17, 15) is 5.11 Å². The van der Waals surface area contributed by atoms with Gasteiger partial charge in [-0.25, -0.2) is 0 Å². The molecule has 132 valence electrons. The molecule has 0 heterocycles. The summed E-state index contributed by atoms with van der Waals surface area (Å²) < 4.78 is 0. The molecule has 2 aromatic carbocycles.